The highest BCUT2D eigenvalue weighted by atomic mass is 17.1. The van der Waals surface area contributed by atoms with Gasteiger partial charge in [-0.25, -0.2) is 14.5 Å². The smallest absolute Gasteiger partial charge is 0.335 e. The van der Waals surface area contributed by atoms with Crippen LogP contribution >= 0.6 is 0 Å². The van der Waals surface area contributed by atoms with Gasteiger partial charge in [-0.15, -0.1) is 0 Å². The van der Waals surface area contributed by atoms with Crippen LogP contribution in [0, 0.1) is 6.92 Å². The molecule has 0 bridgehead atoms. The Bertz CT molecular complexity index is 1300. The van der Waals surface area contributed by atoms with E-state index in [1.807, 2.05) is 37.3 Å². The average Bonchev–Trinajstić information content (AvgIpc) is 3.01. The van der Waals surface area contributed by atoms with Gasteiger partial charge in [0.25, 0.3) is 0 Å². The van der Waals surface area contributed by atoms with Crippen molar-refractivity contribution in [2.75, 3.05) is 20.0 Å². The van der Waals surface area contributed by atoms with Crippen LogP contribution < -0.4 is 18.9 Å². The van der Waals surface area contributed by atoms with Gasteiger partial charge in [-0.1, -0.05) is 31.4 Å². The van der Waals surface area contributed by atoms with E-state index >= 15 is 0 Å². The van der Waals surface area contributed by atoms with Crippen LogP contribution in [0.15, 0.2) is 92.0 Å². The molecule has 3 aromatic carbocycles. The molecule has 0 spiro atoms. The molecule has 1 atom stereocenters. The summed E-state index contributed by atoms with van der Waals surface area (Å²) in [6, 6.07) is 19.4. The summed E-state index contributed by atoms with van der Waals surface area (Å²) in [5.41, 5.74) is 2.21. The van der Waals surface area contributed by atoms with E-state index in [0.29, 0.717) is 41.6 Å². The summed E-state index contributed by atoms with van der Waals surface area (Å²) in [6.07, 6.45) is 5.18. The topological polar surface area (TPSA) is 110 Å². The van der Waals surface area contributed by atoms with Gasteiger partial charge in [-0.2, -0.15) is 0 Å². The molecular formula is C33H36O9. The Labute approximate surface area is 245 Å². The molecule has 0 aliphatic carbocycles. The van der Waals surface area contributed by atoms with E-state index in [0.717, 1.165) is 43.1 Å². The number of carbonyl (C=O) groups is 2. The summed E-state index contributed by atoms with van der Waals surface area (Å²) in [6.45, 7) is 9.64. The molecule has 222 valence electrons. The Morgan fingerprint density at radius 2 is 1.33 bits per heavy atom. The van der Waals surface area contributed by atoms with Crippen molar-refractivity contribution in [2.45, 2.75) is 38.7 Å². The number of carbonyl (C=O) groups excluding carboxylic acids is 2. The third kappa shape index (κ3) is 10.4. The van der Waals surface area contributed by atoms with Crippen molar-refractivity contribution in [3.8, 4) is 23.0 Å². The molecule has 0 heterocycles. The molecule has 3 rings (SSSR count). The van der Waals surface area contributed by atoms with Gasteiger partial charge in [0.15, 0.2) is 0 Å². The first kappa shape index (κ1) is 31.9. The molecule has 0 amide bonds. The van der Waals surface area contributed by atoms with E-state index in [1.54, 1.807) is 36.4 Å². The molecule has 0 aliphatic rings. The van der Waals surface area contributed by atoms with Crippen LogP contribution in [-0.2, 0) is 19.2 Å². The molecular weight excluding hydrogens is 540 g/mol. The molecule has 1 N–H and O–H groups in total. The zero-order valence-corrected chi connectivity index (χ0v) is 23.7. The molecule has 1 unspecified atom stereocenters. The second-order valence-electron chi connectivity index (χ2n) is 9.22. The maximum Gasteiger partial charge on any atom is 0.335 e. The number of unbranched alkanes of at least 4 members (excludes halogenated alkanes) is 3. The van der Waals surface area contributed by atoms with Crippen LogP contribution in [0.1, 0.15) is 48.5 Å². The second-order valence-corrected chi connectivity index (χ2v) is 9.22. The maximum absolute atomic E-state index is 11.4. The minimum atomic E-state index is -0.743. The lowest BCUT2D eigenvalue weighted by Gasteiger charge is -2.17. The fourth-order valence-corrected chi connectivity index (χ4v) is 3.95. The monoisotopic (exact) mass is 576 g/mol. The highest BCUT2D eigenvalue weighted by Crippen LogP contribution is 2.30. The van der Waals surface area contributed by atoms with Gasteiger partial charge < -0.3 is 23.7 Å². The van der Waals surface area contributed by atoms with E-state index in [9.17, 15) is 14.8 Å². The van der Waals surface area contributed by atoms with E-state index in [-0.39, 0.29) is 12.8 Å². The van der Waals surface area contributed by atoms with Crippen molar-refractivity contribution in [3.63, 3.8) is 0 Å². The van der Waals surface area contributed by atoms with Gasteiger partial charge in [-0.3, -0.25) is 5.26 Å². The van der Waals surface area contributed by atoms with Crippen molar-refractivity contribution >= 4 is 11.9 Å². The first-order valence-electron chi connectivity index (χ1n) is 13.6. The average molecular weight is 577 g/mol. The standard InChI is InChI=1S/C33H36O9/c1-4-31(34)38-21-9-7-6-8-20-37-27-15-17-28(18-16-27)39-23-40-30-19-12-26(22-24(30)3)33(42-36)25-10-13-29(14-11-25)41-32(35)5-2/h4-5,10-19,22,33,36H,1-2,6-9,20-21,23H2,3H3. The zero-order valence-electron chi connectivity index (χ0n) is 23.7. The fraction of sp³-hybridized carbons (Fsp3) is 0.273. The molecule has 0 fully saturated rings. The van der Waals surface area contributed by atoms with Crippen LogP contribution in [0.5, 0.6) is 23.0 Å². The minimum Gasteiger partial charge on any atom is -0.494 e. The fourth-order valence-electron chi connectivity index (χ4n) is 3.95. The number of rotatable bonds is 18. The number of aryl methyl sites for hydroxylation is 1. The molecule has 0 saturated heterocycles. The molecule has 0 saturated carbocycles. The largest absolute Gasteiger partial charge is 0.494 e. The van der Waals surface area contributed by atoms with Crippen molar-refractivity contribution < 1.29 is 43.4 Å². The van der Waals surface area contributed by atoms with E-state index in [1.165, 1.54) is 6.08 Å². The first-order chi connectivity index (χ1) is 20.4. The van der Waals surface area contributed by atoms with Crippen LogP contribution in [0.3, 0.4) is 0 Å². The van der Waals surface area contributed by atoms with Crippen LogP contribution in [-0.4, -0.2) is 37.2 Å². The predicted molar refractivity (Wildman–Crippen MR) is 157 cm³/mol. The van der Waals surface area contributed by atoms with Gasteiger partial charge in [0.2, 0.25) is 6.79 Å². The second kappa shape index (κ2) is 17.3. The van der Waals surface area contributed by atoms with Gasteiger partial charge in [0.1, 0.15) is 29.1 Å². The number of hydrogen-bond acceptors (Lipinski definition) is 9. The van der Waals surface area contributed by atoms with Gasteiger partial charge in [0, 0.05) is 12.2 Å². The number of benzene rings is 3. The van der Waals surface area contributed by atoms with Crippen LogP contribution in [0.25, 0.3) is 0 Å². The highest BCUT2D eigenvalue weighted by molar-refractivity contribution is 5.83. The maximum atomic E-state index is 11.4. The summed E-state index contributed by atoms with van der Waals surface area (Å²) in [5, 5.41) is 9.58. The molecule has 0 radical (unpaired) electrons. The quantitative estimate of drug-likeness (QED) is 0.0334. The Morgan fingerprint density at radius 1 is 0.738 bits per heavy atom. The summed E-state index contributed by atoms with van der Waals surface area (Å²) < 4.78 is 27.3. The predicted octanol–water partition coefficient (Wildman–Crippen LogP) is 6.75. The van der Waals surface area contributed by atoms with Crippen molar-refractivity contribution in [1.82, 2.24) is 0 Å². The summed E-state index contributed by atoms with van der Waals surface area (Å²) in [7, 11) is 0. The molecule has 9 nitrogen and oxygen atoms in total. The summed E-state index contributed by atoms with van der Waals surface area (Å²) in [4.78, 5) is 27.1. The third-order valence-corrected chi connectivity index (χ3v) is 6.16. The van der Waals surface area contributed by atoms with Gasteiger partial charge >= 0.3 is 11.9 Å². The van der Waals surface area contributed by atoms with E-state index < -0.39 is 12.1 Å². The van der Waals surface area contributed by atoms with Gasteiger partial charge in [0.05, 0.1) is 13.2 Å². The normalized spacial score (nSPS) is 11.2. The third-order valence-electron chi connectivity index (χ3n) is 6.16. The van der Waals surface area contributed by atoms with Gasteiger partial charge in [-0.05, 0) is 97.8 Å². The lowest BCUT2D eigenvalue weighted by Crippen LogP contribution is -2.08. The van der Waals surface area contributed by atoms with Crippen LogP contribution in [0.2, 0.25) is 0 Å². The van der Waals surface area contributed by atoms with E-state index in [4.69, 9.17) is 28.6 Å². The van der Waals surface area contributed by atoms with Crippen molar-refractivity contribution in [1.29, 1.82) is 0 Å². The molecule has 0 aliphatic heterocycles. The van der Waals surface area contributed by atoms with Crippen molar-refractivity contribution in [2.24, 2.45) is 0 Å². The molecule has 42 heavy (non-hydrogen) atoms. The number of hydrogen-bond donors (Lipinski definition) is 1. The molecule has 3 aromatic rings. The Morgan fingerprint density at radius 3 is 1.95 bits per heavy atom. The summed E-state index contributed by atoms with van der Waals surface area (Å²) in [5.74, 6) is 1.43. The Hall–Kier alpha value is -4.60. The minimum absolute atomic E-state index is 0.00726. The Balaban J connectivity index is 1.40. The lowest BCUT2D eigenvalue weighted by atomic mass is 9.99. The number of esters is 2. The Kier molecular flexibility index (Phi) is 13.1. The summed E-state index contributed by atoms with van der Waals surface area (Å²) >= 11 is 0. The lowest BCUT2D eigenvalue weighted by molar-refractivity contribution is -0.270. The highest BCUT2D eigenvalue weighted by Gasteiger charge is 2.17. The van der Waals surface area contributed by atoms with Crippen LogP contribution in [0.4, 0.5) is 0 Å². The van der Waals surface area contributed by atoms with Crippen molar-refractivity contribution in [3.05, 3.63) is 109 Å². The first-order valence-corrected chi connectivity index (χ1v) is 13.6. The zero-order chi connectivity index (χ0) is 30.2. The molecule has 0 aromatic heterocycles. The van der Waals surface area contributed by atoms with E-state index in [2.05, 4.69) is 13.2 Å². The number of ether oxygens (including phenoxy) is 5. The SMILES string of the molecule is C=CC(=O)OCCCCCCOc1ccc(OCOc2ccc(C(OO)c3ccc(OC(=O)C=C)cc3)cc2C)cc1. The molecule has 9 heteroatoms.